The molecule has 5 aliphatic carbocycles. The average Bonchev–Trinajstić information content (AvgIpc) is 2.99. The van der Waals surface area contributed by atoms with Gasteiger partial charge in [0.1, 0.15) is 6.10 Å². The fourth-order valence-electron chi connectivity index (χ4n) is 12.4. The molecule has 5 nitrogen and oxygen atoms in total. The van der Waals surface area contributed by atoms with E-state index in [2.05, 4.69) is 48.5 Å². The van der Waals surface area contributed by atoms with Gasteiger partial charge in [-0.15, -0.1) is 0 Å². The molecule has 0 amide bonds. The molecule has 5 rings (SSSR count). The van der Waals surface area contributed by atoms with Crippen molar-refractivity contribution in [3.63, 3.8) is 0 Å². The van der Waals surface area contributed by atoms with E-state index in [-0.39, 0.29) is 56.8 Å². The lowest BCUT2D eigenvalue weighted by Crippen LogP contribution is -2.66. The van der Waals surface area contributed by atoms with Crippen LogP contribution in [0.4, 0.5) is 0 Å². The molecule has 5 heteroatoms. The number of carboxylic acids is 1. The second-order valence-corrected chi connectivity index (χ2v) is 19.0. The first-order valence-corrected chi connectivity index (χ1v) is 19.7. The molecule has 0 bridgehead atoms. The first kappa shape index (κ1) is 36.6. The summed E-state index contributed by atoms with van der Waals surface area (Å²) in [5.41, 5.74) is -0.0726. The number of unbranched alkanes of at least 4 members (excludes halogenated alkanes) is 8. The molecule has 0 radical (unpaired) electrons. The zero-order chi connectivity index (χ0) is 34.5. The standard InChI is InChI=1S/C42H68O5/c1-9-10-11-12-13-14-15-16-17-18-34(44)47-33-20-21-40(6)32(37(33,2)3)19-22-42(8)35(40)31(43)27-29-30-28-39(5,36(45)46)24-23-38(30,4)25-26-41(29,42)7/h27,30,32-33,35H,9-26,28H2,1-8H3,(H,45,46)/t30-,32-,33-,35+,38+,39+,40-,41+,42+/m0/s1. The smallest absolute Gasteiger partial charge is 0.309 e. The summed E-state index contributed by atoms with van der Waals surface area (Å²) >= 11 is 0. The number of hydrogen-bond donors (Lipinski definition) is 1. The van der Waals surface area contributed by atoms with Gasteiger partial charge in [0.25, 0.3) is 0 Å². The highest BCUT2D eigenvalue weighted by molar-refractivity contribution is 5.95. The molecule has 0 aromatic carbocycles. The van der Waals surface area contributed by atoms with Gasteiger partial charge in [0.2, 0.25) is 0 Å². The molecule has 0 saturated heterocycles. The topological polar surface area (TPSA) is 80.7 Å². The van der Waals surface area contributed by atoms with Crippen molar-refractivity contribution in [1.29, 1.82) is 0 Å². The fourth-order valence-corrected chi connectivity index (χ4v) is 12.4. The SMILES string of the molecule is CCCCCCCCCCCC(=O)O[C@H]1CC[C@]2(C)[C@H]3C(=O)C=C4[C@@H]5C[C@](C)(C(=O)O)CC[C@]5(C)CC[C@@]4(C)[C@]3(C)CC[C@H]2C1(C)C. The van der Waals surface area contributed by atoms with E-state index >= 15 is 0 Å². The zero-order valence-corrected chi connectivity index (χ0v) is 31.4. The van der Waals surface area contributed by atoms with E-state index in [9.17, 15) is 19.5 Å². The maximum atomic E-state index is 14.6. The Balaban J connectivity index is 1.28. The van der Waals surface area contributed by atoms with Gasteiger partial charge in [-0.3, -0.25) is 14.4 Å². The average molecular weight is 653 g/mol. The van der Waals surface area contributed by atoms with Gasteiger partial charge >= 0.3 is 11.9 Å². The molecule has 47 heavy (non-hydrogen) atoms. The molecule has 4 fully saturated rings. The first-order valence-electron chi connectivity index (χ1n) is 19.7. The van der Waals surface area contributed by atoms with Crippen molar-refractivity contribution in [3.8, 4) is 0 Å². The maximum Gasteiger partial charge on any atom is 0.309 e. The first-order chi connectivity index (χ1) is 22.0. The Morgan fingerprint density at radius 3 is 2.06 bits per heavy atom. The predicted molar refractivity (Wildman–Crippen MR) is 189 cm³/mol. The number of fused-ring (bicyclic) bond motifs is 7. The second-order valence-electron chi connectivity index (χ2n) is 19.0. The predicted octanol–water partition coefficient (Wildman–Crippen LogP) is 10.9. The van der Waals surface area contributed by atoms with Crippen molar-refractivity contribution in [2.45, 2.75) is 183 Å². The highest BCUT2D eigenvalue weighted by Crippen LogP contribution is 2.75. The van der Waals surface area contributed by atoms with Crippen molar-refractivity contribution < 1.29 is 24.2 Å². The van der Waals surface area contributed by atoms with Crippen LogP contribution in [0.2, 0.25) is 0 Å². The van der Waals surface area contributed by atoms with Crippen LogP contribution >= 0.6 is 0 Å². The molecular weight excluding hydrogens is 584 g/mol. The Morgan fingerprint density at radius 2 is 1.43 bits per heavy atom. The molecule has 0 unspecified atom stereocenters. The molecular formula is C42H68O5. The Labute approximate surface area is 286 Å². The third kappa shape index (κ3) is 6.19. The van der Waals surface area contributed by atoms with E-state index in [1.165, 1.54) is 50.5 Å². The summed E-state index contributed by atoms with van der Waals surface area (Å²) in [6.45, 7) is 18.4. The number of ketones is 1. The molecule has 0 aromatic heterocycles. The van der Waals surface area contributed by atoms with Crippen LogP contribution < -0.4 is 0 Å². The Hall–Kier alpha value is -1.65. The number of carboxylic acid groups (broad SMARTS) is 1. The molecule has 1 N–H and O–H groups in total. The lowest BCUT2D eigenvalue weighted by Gasteiger charge is -2.70. The largest absolute Gasteiger partial charge is 0.481 e. The number of aliphatic carboxylic acids is 1. The Morgan fingerprint density at radius 1 is 0.809 bits per heavy atom. The van der Waals surface area contributed by atoms with Crippen LogP contribution in [0.15, 0.2) is 11.6 Å². The van der Waals surface area contributed by atoms with E-state index in [4.69, 9.17) is 4.74 Å². The summed E-state index contributed by atoms with van der Waals surface area (Å²) < 4.78 is 6.29. The quantitative estimate of drug-likeness (QED) is 0.168. The number of hydrogen-bond acceptors (Lipinski definition) is 4. The molecule has 9 atom stereocenters. The van der Waals surface area contributed by atoms with Gasteiger partial charge in [0, 0.05) is 17.8 Å². The van der Waals surface area contributed by atoms with Gasteiger partial charge in [-0.2, -0.15) is 0 Å². The number of esters is 1. The van der Waals surface area contributed by atoms with Gasteiger partial charge in [-0.1, -0.05) is 105 Å². The van der Waals surface area contributed by atoms with Crippen molar-refractivity contribution in [2.24, 2.45) is 50.2 Å². The van der Waals surface area contributed by atoms with Gasteiger partial charge in [-0.05, 0) is 111 Å². The van der Waals surface area contributed by atoms with E-state index in [1.807, 2.05) is 13.0 Å². The lowest BCUT2D eigenvalue weighted by atomic mass is 9.33. The summed E-state index contributed by atoms with van der Waals surface area (Å²) in [6, 6.07) is 0. The van der Waals surface area contributed by atoms with Crippen LogP contribution in [0.25, 0.3) is 0 Å². The van der Waals surface area contributed by atoms with Crippen LogP contribution in [-0.2, 0) is 19.1 Å². The summed E-state index contributed by atoms with van der Waals surface area (Å²) in [7, 11) is 0. The maximum absolute atomic E-state index is 14.6. The molecule has 0 spiro atoms. The second kappa shape index (κ2) is 13.2. The summed E-state index contributed by atoms with van der Waals surface area (Å²) in [6.07, 6.45) is 21.7. The molecule has 266 valence electrons. The zero-order valence-electron chi connectivity index (χ0n) is 31.4. The van der Waals surface area contributed by atoms with Gasteiger partial charge in [0.15, 0.2) is 5.78 Å². The van der Waals surface area contributed by atoms with E-state index < -0.39 is 11.4 Å². The number of carbonyl (C=O) groups is 3. The molecule has 0 heterocycles. The summed E-state index contributed by atoms with van der Waals surface area (Å²) in [4.78, 5) is 40.1. The summed E-state index contributed by atoms with van der Waals surface area (Å²) in [5.74, 6) is -0.0982. The van der Waals surface area contributed by atoms with E-state index in [0.717, 1.165) is 57.8 Å². The van der Waals surface area contributed by atoms with Crippen molar-refractivity contribution >= 4 is 17.7 Å². The number of carbonyl (C=O) groups excluding carboxylic acids is 2. The number of ether oxygens (including phenoxy) is 1. The Kier molecular flexibility index (Phi) is 10.3. The lowest BCUT2D eigenvalue weighted by molar-refractivity contribution is -0.211. The van der Waals surface area contributed by atoms with Crippen molar-refractivity contribution in [1.82, 2.24) is 0 Å². The Bertz CT molecular complexity index is 1230. The van der Waals surface area contributed by atoms with Gasteiger partial charge < -0.3 is 9.84 Å². The van der Waals surface area contributed by atoms with Crippen molar-refractivity contribution in [2.75, 3.05) is 0 Å². The van der Waals surface area contributed by atoms with Gasteiger partial charge in [0.05, 0.1) is 5.41 Å². The molecule has 0 aliphatic heterocycles. The van der Waals surface area contributed by atoms with Gasteiger partial charge in [-0.25, -0.2) is 0 Å². The third-order valence-corrected chi connectivity index (χ3v) is 15.8. The monoisotopic (exact) mass is 653 g/mol. The molecule has 0 aromatic rings. The number of allylic oxidation sites excluding steroid dienone is 2. The highest BCUT2D eigenvalue weighted by atomic mass is 16.5. The van der Waals surface area contributed by atoms with Crippen LogP contribution in [0.5, 0.6) is 0 Å². The normalized spacial score (nSPS) is 42.3. The van der Waals surface area contributed by atoms with Crippen LogP contribution in [0.3, 0.4) is 0 Å². The minimum Gasteiger partial charge on any atom is -0.481 e. The minimum atomic E-state index is -0.735. The number of rotatable bonds is 12. The molecule has 4 saturated carbocycles. The van der Waals surface area contributed by atoms with Crippen LogP contribution in [0, 0.1) is 50.2 Å². The minimum absolute atomic E-state index is 0.0461. The van der Waals surface area contributed by atoms with Crippen molar-refractivity contribution in [3.05, 3.63) is 11.6 Å². The molecule has 5 aliphatic rings. The van der Waals surface area contributed by atoms with Crippen LogP contribution in [-0.4, -0.2) is 28.9 Å². The third-order valence-electron chi connectivity index (χ3n) is 15.8. The van der Waals surface area contributed by atoms with E-state index in [0.29, 0.717) is 25.2 Å². The van der Waals surface area contributed by atoms with E-state index in [1.54, 1.807) is 0 Å². The fraction of sp³-hybridized carbons (Fsp3) is 0.881. The van der Waals surface area contributed by atoms with Crippen LogP contribution in [0.1, 0.15) is 177 Å². The highest BCUT2D eigenvalue weighted by Gasteiger charge is 2.70. The summed E-state index contributed by atoms with van der Waals surface area (Å²) in [5, 5.41) is 10.2.